The summed E-state index contributed by atoms with van der Waals surface area (Å²) in [4.78, 5) is 35.1. The molecule has 2 amide bonds. The van der Waals surface area contributed by atoms with Crippen LogP contribution in [0.4, 0.5) is 17.3 Å². The van der Waals surface area contributed by atoms with Crippen LogP contribution in [-0.2, 0) is 0 Å². The predicted octanol–water partition coefficient (Wildman–Crippen LogP) is 2.88. The van der Waals surface area contributed by atoms with Gasteiger partial charge in [0.05, 0.1) is 28.7 Å². The summed E-state index contributed by atoms with van der Waals surface area (Å²) in [5.74, 6) is -0.197. The molecular formula is C22H21ClN6O3. The Kier molecular flexibility index (Phi) is 6.48. The van der Waals surface area contributed by atoms with Gasteiger partial charge in [-0.1, -0.05) is 11.6 Å². The first-order valence-electron chi connectivity index (χ1n) is 9.98. The summed E-state index contributed by atoms with van der Waals surface area (Å²) in [7, 11) is 0. The summed E-state index contributed by atoms with van der Waals surface area (Å²) in [5, 5.41) is 18.7. The van der Waals surface area contributed by atoms with E-state index in [0.717, 1.165) is 18.8 Å². The van der Waals surface area contributed by atoms with Crippen LogP contribution in [0.3, 0.4) is 0 Å². The molecule has 164 valence electrons. The lowest BCUT2D eigenvalue weighted by Gasteiger charge is -2.27. The SMILES string of the molecule is O=C(Nc1cnc(Nc2ccc(C(=O)N3CCNCC3)cc2)nc1)c1cc(O)ccc1Cl. The molecule has 1 aromatic heterocycles. The number of nitrogens with one attached hydrogen (secondary N) is 3. The van der Waals surface area contributed by atoms with Crippen LogP contribution in [0, 0.1) is 0 Å². The average Bonchev–Trinajstić information content (AvgIpc) is 2.82. The molecule has 4 N–H and O–H groups in total. The van der Waals surface area contributed by atoms with E-state index < -0.39 is 5.91 Å². The first-order chi connectivity index (χ1) is 15.5. The fraction of sp³-hybridized carbons (Fsp3) is 0.182. The number of piperazine rings is 1. The van der Waals surface area contributed by atoms with Gasteiger partial charge in [-0.15, -0.1) is 0 Å². The van der Waals surface area contributed by atoms with Crippen molar-refractivity contribution in [3.05, 3.63) is 71.0 Å². The van der Waals surface area contributed by atoms with Crippen molar-refractivity contribution in [1.82, 2.24) is 20.2 Å². The van der Waals surface area contributed by atoms with E-state index in [1.807, 2.05) is 4.90 Å². The Hall–Kier alpha value is -3.69. The number of aromatic hydroxyl groups is 1. The molecule has 1 saturated heterocycles. The molecular weight excluding hydrogens is 432 g/mol. The fourth-order valence-corrected chi connectivity index (χ4v) is 3.42. The first kappa shape index (κ1) is 21.5. The minimum atomic E-state index is -0.486. The molecule has 2 aromatic carbocycles. The van der Waals surface area contributed by atoms with E-state index >= 15 is 0 Å². The van der Waals surface area contributed by atoms with Crippen LogP contribution in [-0.4, -0.2) is 58.0 Å². The maximum Gasteiger partial charge on any atom is 0.257 e. The third-order valence-electron chi connectivity index (χ3n) is 4.90. The zero-order valence-corrected chi connectivity index (χ0v) is 17.8. The molecule has 0 radical (unpaired) electrons. The van der Waals surface area contributed by atoms with Gasteiger partial charge in [0.1, 0.15) is 5.75 Å². The number of hydrogen-bond acceptors (Lipinski definition) is 7. The van der Waals surface area contributed by atoms with Gasteiger partial charge in [0.25, 0.3) is 11.8 Å². The highest BCUT2D eigenvalue weighted by molar-refractivity contribution is 6.34. The van der Waals surface area contributed by atoms with E-state index in [1.54, 1.807) is 24.3 Å². The summed E-state index contributed by atoms with van der Waals surface area (Å²) in [6.07, 6.45) is 2.90. The lowest BCUT2D eigenvalue weighted by atomic mass is 10.1. The molecule has 0 unspecified atom stereocenters. The minimum Gasteiger partial charge on any atom is -0.508 e. The van der Waals surface area contributed by atoms with Crippen LogP contribution in [0.5, 0.6) is 5.75 Å². The van der Waals surface area contributed by atoms with Crippen molar-refractivity contribution in [2.24, 2.45) is 0 Å². The van der Waals surface area contributed by atoms with Gasteiger partial charge < -0.3 is 26.0 Å². The van der Waals surface area contributed by atoms with E-state index in [0.29, 0.717) is 30.3 Å². The van der Waals surface area contributed by atoms with Gasteiger partial charge >= 0.3 is 0 Å². The lowest BCUT2D eigenvalue weighted by molar-refractivity contribution is 0.0735. The summed E-state index contributed by atoms with van der Waals surface area (Å²) in [5.41, 5.74) is 1.87. The third-order valence-corrected chi connectivity index (χ3v) is 5.23. The Balaban J connectivity index is 1.36. The lowest BCUT2D eigenvalue weighted by Crippen LogP contribution is -2.46. The second-order valence-corrected chi connectivity index (χ2v) is 7.57. The van der Waals surface area contributed by atoms with E-state index in [2.05, 4.69) is 25.9 Å². The van der Waals surface area contributed by atoms with Gasteiger partial charge in [-0.3, -0.25) is 9.59 Å². The number of carbonyl (C=O) groups is 2. The number of carbonyl (C=O) groups excluding carboxylic acids is 2. The Morgan fingerprint density at radius 3 is 2.38 bits per heavy atom. The van der Waals surface area contributed by atoms with Gasteiger partial charge in [0.2, 0.25) is 5.95 Å². The average molecular weight is 453 g/mol. The minimum absolute atomic E-state index is 0.0150. The molecule has 2 heterocycles. The van der Waals surface area contributed by atoms with Gasteiger partial charge in [0, 0.05) is 37.4 Å². The number of hydrogen-bond donors (Lipinski definition) is 4. The van der Waals surface area contributed by atoms with Gasteiger partial charge in [-0.2, -0.15) is 0 Å². The zero-order chi connectivity index (χ0) is 22.5. The second-order valence-electron chi connectivity index (χ2n) is 7.16. The molecule has 1 aliphatic rings. The Bertz CT molecular complexity index is 1120. The molecule has 32 heavy (non-hydrogen) atoms. The molecule has 9 nitrogen and oxygen atoms in total. The van der Waals surface area contributed by atoms with Crippen LogP contribution in [0.2, 0.25) is 5.02 Å². The van der Waals surface area contributed by atoms with Crippen molar-refractivity contribution in [3.8, 4) is 5.75 Å². The van der Waals surface area contributed by atoms with E-state index in [4.69, 9.17) is 11.6 Å². The smallest absolute Gasteiger partial charge is 0.257 e. The molecule has 0 saturated carbocycles. The molecule has 4 rings (SSSR count). The monoisotopic (exact) mass is 452 g/mol. The highest BCUT2D eigenvalue weighted by Gasteiger charge is 2.17. The Labute approximate surface area is 189 Å². The summed E-state index contributed by atoms with van der Waals surface area (Å²) >= 11 is 6.01. The van der Waals surface area contributed by atoms with Crippen LogP contribution in [0.15, 0.2) is 54.9 Å². The first-order valence-corrected chi connectivity index (χ1v) is 10.4. The molecule has 0 aliphatic carbocycles. The number of phenols is 1. The number of rotatable bonds is 5. The van der Waals surface area contributed by atoms with Gasteiger partial charge in [-0.05, 0) is 42.5 Å². The van der Waals surface area contributed by atoms with Crippen LogP contribution >= 0.6 is 11.6 Å². The van der Waals surface area contributed by atoms with E-state index in [1.165, 1.54) is 30.6 Å². The molecule has 1 aliphatic heterocycles. The van der Waals surface area contributed by atoms with E-state index in [9.17, 15) is 14.7 Å². The second kappa shape index (κ2) is 9.63. The molecule has 3 aromatic rings. The fourth-order valence-electron chi connectivity index (χ4n) is 3.22. The maximum absolute atomic E-state index is 12.5. The van der Waals surface area contributed by atoms with Crippen molar-refractivity contribution in [2.45, 2.75) is 0 Å². The number of benzene rings is 2. The third kappa shape index (κ3) is 5.13. The highest BCUT2D eigenvalue weighted by atomic mass is 35.5. The largest absolute Gasteiger partial charge is 0.508 e. The van der Waals surface area contributed by atoms with Crippen molar-refractivity contribution < 1.29 is 14.7 Å². The van der Waals surface area contributed by atoms with Crippen LogP contribution in [0.1, 0.15) is 20.7 Å². The number of phenolic OH excluding ortho intramolecular Hbond substituents is 1. The van der Waals surface area contributed by atoms with Crippen molar-refractivity contribution in [1.29, 1.82) is 0 Å². The molecule has 10 heteroatoms. The van der Waals surface area contributed by atoms with Crippen molar-refractivity contribution >= 4 is 40.7 Å². The summed E-state index contributed by atoms with van der Waals surface area (Å²) < 4.78 is 0. The molecule has 1 fully saturated rings. The Morgan fingerprint density at radius 2 is 1.69 bits per heavy atom. The topological polar surface area (TPSA) is 119 Å². The van der Waals surface area contributed by atoms with Crippen molar-refractivity contribution in [3.63, 3.8) is 0 Å². The summed E-state index contributed by atoms with van der Waals surface area (Å²) in [6, 6.07) is 11.2. The quantitative estimate of drug-likeness (QED) is 0.470. The van der Waals surface area contributed by atoms with Crippen molar-refractivity contribution in [2.75, 3.05) is 36.8 Å². The predicted molar refractivity (Wildman–Crippen MR) is 122 cm³/mol. The molecule has 0 atom stereocenters. The number of amides is 2. The Morgan fingerprint density at radius 1 is 1.00 bits per heavy atom. The molecule has 0 spiro atoms. The number of halogens is 1. The normalized spacial score (nSPS) is 13.5. The summed E-state index contributed by atoms with van der Waals surface area (Å²) in [6.45, 7) is 3.01. The van der Waals surface area contributed by atoms with Crippen LogP contribution in [0.25, 0.3) is 0 Å². The van der Waals surface area contributed by atoms with Crippen LogP contribution < -0.4 is 16.0 Å². The standard InChI is InChI=1S/C22H21ClN6O3/c23-19-6-5-17(30)11-18(19)20(31)27-16-12-25-22(26-13-16)28-15-3-1-14(2-4-15)21(32)29-9-7-24-8-10-29/h1-6,11-13,24,30H,7-10H2,(H,27,31)(H,25,26,28). The highest BCUT2D eigenvalue weighted by Crippen LogP contribution is 2.22. The maximum atomic E-state index is 12.5. The van der Waals surface area contributed by atoms with E-state index in [-0.39, 0.29) is 22.2 Å². The van der Waals surface area contributed by atoms with Gasteiger partial charge in [-0.25, -0.2) is 9.97 Å². The number of anilines is 3. The molecule has 0 bridgehead atoms. The zero-order valence-electron chi connectivity index (χ0n) is 17.0. The number of nitrogens with zero attached hydrogens (tertiary/aromatic N) is 3. The number of aromatic nitrogens is 2. The van der Waals surface area contributed by atoms with Gasteiger partial charge in [0.15, 0.2) is 0 Å².